The number of ether oxygens (including phenoxy) is 2. The first-order chi connectivity index (χ1) is 8.54. The Morgan fingerprint density at radius 2 is 2.00 bits per heavy atom. The lowest BCUT2D eigenvalue weighted by molar-refractivity contribution is -0.385. The summed E-state index contributed by atoms with van der Waals surface area (Å²) in [5.41, 5.74) is -0.355. The minimum atomic E-state index is -0.665. The van der Waals surface area contributed by atoms with Gasteiger partial charge in [-0.25, -0.2) is 0 Å². The van der Waals surface area contributed by atoms with Crippen LogP contribution in [0.5, 0.6) is 11.5 Å². The summed E-state index contributed by atoms with van der Waals surface area (Å²) in [6.07, 6.45) is -0.375. The van der Waals surface area contributed by atoms with Crippen LogP contribution < -0.4 is 9.47 Å². The van der Waals surface area contributed by atoms with Crippen LogP contribution in [0.1, 0.15) is 16.8 Å². The van der Waals surface area contributed by atoms with Gasteiger partial charge in [0.2, 0.25) is 5.75 Å². The molecule has 1 aromatic rings. The van der Waals surface area contributed by atoms with Crippen LogP contribution in [0, 0.1) is 21.4 Å². The monoisotopic (exact) mass is 250 g/mol. The van der Waals surface area contributed by atoms with Crippen LogP contribution in [0.3, 0.4) is 0 Å². The predicted octanol–water partition coefficient (Wildman–Crippen LogP) is 1.71. The zero-order valence-electron chi connectivity index (χ0n) is 9.80. The van der Waals surface area contributed by atoms with Gasteiger partial charge in [-0.1, -0.05) is 0 Å². The topological polar surface area (TPSA) is 102 Å². The standard InChI is InChI=1S/C11H10N2O5/c1-17-10-6-11(18-2)8(13(15)16)5-7(10)9(14)3-4-12/h5-6H,3H2,1-2H3. The molecule has 0 radical (unpaired) electrons. The van der Waals surface area contributed by atoms with Gasteiger partial charge in [0.15, 0.2) is 5.78 Å². The van der Waals surface area contributed by atoms with Gasteiger partial charge in [0.1, 0.15) is 5.75 Å². The molecule has 18 heavy (non-hydrogen) atoms. The number of benzene rings is 1. The van der Waals surface area contributed by atoms with Crippen LogP contribution >= 0.6 is 0 Å². The fourth-order valence-corrected chi connectivity index (χ4v) is 1.41. The van der Waals surface area contributed by atoms with Crippen molar-refractivity contribution in [1.82, 2.24) is 0 Å². The number of methoxy groups -OCH3 is 2. The molecular weight excluding hydrogens is 240 g/mol. The first kappa shape index (κ1) is 13.4. The van der Waals surface area contributed by atoms with Crippen LogP contribution in [0.25, 0.3) is 0 Å². The van der Waals surface area contributed by atoms with Crippen molar-refractivity contribution in [2.45, 2.75) is 6.42 Å². The molecule has 7 heteroatoms. The second kappa shape index (κ2) is 5.63. The van der Waals surface area contributed by atoms with Crippen LogP contribution in [0.15, 0.2) is 12.1 Å². The molecule has 0 heterocycles. The largest absolute Gasteiger partial charge is 0.496 e. The minimum Gasteiger partial charge on any atom is -0.496 e. The lowest BCUT2D eigenvalue weighted by Crippen LogP contribution is -2.04. The third-order valence-electron chi connectivity index (χ3n) is 2.24. The van der Waals surface area contributed by atoms with E-state index in [1.165, 1.54) is 20.3 Å². The maximum absolute atomic E-state index is 11.6. The molecule has 0 aliphatic rings. The van der Waals surface area contributed by atoms with Crippen molar-refractivity contribution >= 4 is 11.5 Å². The molecule has 0 aromatic heterocycles. The van der Waals surface area contributed by atoms with Gasteiger partial charge in [-0.05, 0) is 0 Å². The lowest BCUT2D eigenvalue weighted by Gasteiger charge is -2.09. The Labute approximate surface area is 103 Å². The Balaban J connectivity index is 3.42. The van der Waals surface area contributed by atoms with E-state index in [1.54, 1.807) is 6.07 Å². The van der Waals surface area contributed by atoms with E-state index in [2.05, 4.69) is 0 Å². The van der Waals surface area contributed by atoms with E-state index in [-0.39, 0.29) is 29.2 Å². The number of nitro benzene ring substituents is 1. The predicted molar refractivity (Wildman–Crippen MR) is 60.8 cm³/mol. The summed E-state index contributed by atoms with van der Waals surface area (Å²) in [5.74, 6) is -0.414. The lowest BCUT2D eigenvalue weighted by atomic mass is 10.1. The van der Waals surface area contributed by atoms with Gasteiger partial charge < -0.3 is 9.47 Å². The summed E-state index contributed by atoms with van der Waals surface area (Å²) in [6, 6.07) is 3.99. The quantitative estimate of drug-likeness (QED) is 0.447. The SMILES string of the molecule is COc1cc(OC)c([N+](=O)[O-])cc1C(=O)CC#N. The second-order valence-electron chi connectivity index (χ2n) is 3.24. The van der Waals surface area contributed by atoms with E-state index >= 15 is 0 Å². The van der Waals surface area contributed by atoms with Crippen molar-refractivity contribution in [1.29, 1.82) is 5.26 Å². The summed E-state index contributed by atoms with van der Waals surface area (Å²) < 4.78 is 9.80. The van der Waals surface area contributed by atoms with Gasteiger partial charge in [0.25, 0.3) is 0 Å². The number of ketones is 1. The summed E-state index contributed by atoms with van der Waals surface area (Å²) in [4.78, 5) is 21.8. The number of rotatable bonds is 5. The van der Waals surface area contributed by atoms with E-state index in [4.69, 9.17) is 14.7 Å². The molecule has 0 unspecified atom stereocenters. The highest BCUT2D eigenvalue weighted by atomic mass is 16.6. The Morgan fingerprint density at radius 3 is 2.44 bits per heavy atom. The Bertz CT molecular complexity index is 533. The highest BCUT2D eigenvalue weighted by Gasteiger charge is 2.22. The molecule has 0 saturated carbocycles. The molecule has 0 bridgehead atoms. The van der Waals surface area contributed by atoms with Gasteiger partial charge >= 0.3 is 5.69 Å². The number of hydrogen-bond acceptors (Lipinski definition) is 6. The van der Waals surface area contributed by atoms with Crippen molar-refractivity contribution < 1.29 is 19.2 Å². The summed E-state index contributed by atoms with van der Waals surface area (Å²) in [5, 5.41) is 19.3. The highest BCUT2D eigenvalue weighted by molar-refractivity contribution is 6.00. The molecule has 1 rings (SSSR count). The smallest absolute Gasteiger partial charge is 0.311 e. The molecule has 0 amide bonds. The van der Waals surface area contributed by atoms with Crippen molar-refractivity contribution in [3.05, 3.63) is 27.8 Å². The molecule has 0 atom stereocenters. The molecule has 0 saturated heterocycles. The summed E-state index contributed by atoms with van der Waals surface area (Å²) >= 11 is 0. The number of Topliss-reactive ketones (excluding diaryl/α,β-unsaturated/α-hetero) is 1. The first-order valence-corrected chi connectivity index (χ1v) is 4.85. The number of nitriles is 1. The zero-order chi connectivity index (χ0) is 13.7. The average Bonchev–Trinajstić information content (AvgIpc) is 2.37. The van der Waals surface area contributed by atoms with E-state index in [1.807, 2.05) is 0 Å². The number of nitrogens with zero attached hydrogens (tertiary/aromatic N) is 2. The van der Waals surface area contributed by atoms with E-state index in [0.29, 0.717) is 0 Å². The molecule has 1 aromatic carbocycles. The van der Waals surface area contributed by atoms with Crippen molar-refractivity contribution in [2.75, 3.05) is 14.2 Å². The molecule has 7 nitrogen and oxygen atoms in total. The van der Waals surface area contributed by atoms with Crippen LogP contribution in [0.2, 0.25) is 0 Å². The van der Waals surface area contributed by atoms with Crippen LogP contribution in [-0.2, 0) is 0 Å². The molecule has 94 valence electrons. The normalized spacial score (nSPS) is 9.39. The van der Waals surface area contributed by atoms with Gasteiger partial charge in [-0.3, -0.25) is 14.9 Å². The van der Waals surface area contributed by atoms with Gasteiger partial charge in [0, 0.05) is 12.1 Å². The number of carbonyl (C=O) groups excluding carboxylic acids is 1. The van der Waals surface area contributed by atoms with E-state index in [9.17, 15) is 14.9 Å². The number of nitro groups is 1. The second-order valence-corrected chi connectivity index (χ2v) is 3.24. The maximum Gasteiger partial charge on any atom is 0.311 e. The third kappa shape index (κ3) is 2.55. The molecule has 0 aliphatic heterocycles. The fourth-order valence-electron chi connectivity index (χ4n) is 1.41. The molecule has 0 fully saturated rings. The zero-order valence-corrected chi connectivity index (χ0v) is 9.80. The van der Waals surface area contributed by atoms with Gasteiger partial charge in [-0.15, -0.1) is 0 Å². The Kier molecular flexibility index (Phi) is 4.21. The van der Waals surface area contributed by atoms with E-state index < -0.39 is 10.7 Å². The highest BCUT2D eigenvalue weighted by Crippen LogP contribution is 2.34. The maximum atomic E-state index is 11.6. The van der Waals surface area contributed by atoms with Crippen LogP contribution in [-0.4, -0.2) is 24.9 Å². The molecule has 0 N–H and O–H groups in total. The van der Waals surface area contributed by atoms with Crippen molar-refractivity contribution in [3.8, 4) is 17.6 Å². The molecule has 0 aliphatic carbocycles. The van der Waals surface area contributed by atoms with Gasteiger partial charge in [0.05, 0.1) is 37.2 Å². The average molecular weight is 250 g/mol. The van der Waals surface area contributed by atoms with Gasteiger partial charge in [-0.2, -0.15) is 5.26 Å². The van der Waals surface area contributed by atoms with Crippen LogP contribution in [0.4, 0.5) is 5.69 Å². The fraction of sp³-hybridized carbons (Fsp3) is 0.273. The first-order valence-electron chi connectivity index (χ1n) is 4.85. The third-order valence-corrected chi connectivity index (χ3v) is 2.24. The number of hydrogen-bond donors (Lipinski definition) is 0. The molecular formula is C11H10N2O5. The van der Waals surface area contributed by atoms with E-state index in [0.717, 1.165) is 6.07 Å². The van der Waals surface area contributed by atoms with Crippen molar-refractivity contribution in [2.24, 2.45) is 0 Å². The van der Waals surface area contributed by atoms with Crippen molar-refractivity contribution in [3.63, 3.8) is 0 Å². The number of carbonyl (C=O) groups is 1. The molecule has 0 spiro atoms. The summed E-state index contributed by atoms with van der Waals surface area (Å²) in [6.45, 7) is 0. The minimum absolute atomic E-state index is 0.00782. The Morgan fingerprint density at radius 1 is 1.39 bits per heavy atom. The Hall–Kier alpha value is -2.62. The summed E-state index contributed by atoms with van der Waals surface area (Å²) in [7, 11) is 2.60.